The molecule has 1 N–H and O–H groups in total. The molecule has 17 heavy (non-hydrogen) atoms. The van der Waals surface area contributed by atoms with Crippen molar-refractivity contribution in [2.75, 3.05) is 0 Å². The van der Waals surface area contributed by atoms with Gasteiger partial charge in [0, 0.05) is 11.8 Å². The van der Waals surface area contributed by atoms with Crippen LogP contribution in [0.15, 0.2) is 35.1 Å². The van der Waals surface area contributed by atoms with Crippen molar-refractivity contribution in [2.45, 2.75) is 13.5 Å². The number of rotatable bonds is 2. The van der Waals surface area contributed by atoms with Crippen LogP contribution in [-0.2, 0) is 6.61 Å². The van der Waals surface area contributed by atoms with Gasteiger partial charge in [-0.2, -0.15) is 5.10 Å². The average molecular weight is 234 g/mol. The minimum absolute atomic E-state index is 0.0415. The molecule has 0 aliphatic heterocycles. The zero-order chi connectivity index (χ0) is 12.4. The first-order chi connectivity index (χ1) is 8.11. The first-order valence-electron chi connectivity index (χ1n) is 5.08. The number of aliphatic hydroxyl groups excluding tert-OH is 1. The number of aromatic nitrogens is 2. The van der Waals surface area contributed by atoms with Gasteiger partial charge in [-0.3, -0.25) is 4.79 Å². The van der Waals surface area contributed by atoms with Gasteiger partial charge in [-0.1, -0.05) is 6.07 Å². The lowest BCUT2D eigenvalue weighted by atomic mass is 10.3. The van der Waals surface area contributed by atoms with Crippen molar-refractivity contribution in [3.8, 4) is 5.69 Å². The van der Waals surface area contributed by atoms with Crippen LogP contribution in [0.5, 0.6) is 0 Å². The minimum atomic E-state index is -0.436. The van der Waals surface area contributed by atoms with Crippen LogP contribution in [0, 0.1) is 12.7 Å². The van der Waals surface area contributed by atoms with E-state index < -0.39 is 6.61 Å². The smallest absolute Gasteiger partial charge is 0.206 e. The van der Waals surface area contributed by atoms with Crippen LogP contribution in [0.25, 0.3) is 5.69 Å². The van der Waals surface area contributed by atoms with Gasteiger partial charge < -0.3 is 5.11 Å². The van der Waals surface area contributed by atoms with E-state index in [2.05, 4.69) is 5.10 Å². The summed E-state index contributed by atoms with van der Waals surface area (Å²) in [6.45, 7) is 1.26. The maximum atomic E-state index is 13.1. The van der Waals surface area contributed by atoms with Crippen molar-refractivity contribution in [3.05, 3.63) is 57.8 Å². The van der Waals surface area contributed by atoms with E-state index in [-0.39, 0.29) is 16.9 Å². The molecule has 1 aromatic heterocycles. The van der Waals surface area contributed by atoms with Crippen molar-refractivity contribution >= 4 is 0 Å². The van der Waals surface area contributed by atoms with Gasteiger partial charge in [-0.15, -0.1) is 0 Å². The number of hydrogen-bond donors (Lipinski definition) is 1. The summed E-state index contributed by atoms with van der Waals surface area (Å²) in [7, 11) is 0. The summed E-state index contributed by atoms with van der Waals surface area (Å²) in [6.07, 6.45) is 0. The number of hydrogen-bond acceptors (Lipinski definition) is 3. The van der Waals surface area contributed by atoms with Crippen molar-refractivity contribution in [1.82, 2.24) is 9.78 Å². The zero-order valence-corrected chi connectivity index (χ0v) is 9.22. The minimum Gasteiger partial charge on any atom is -0.390 e. The molecule has 1 heterocycles. The molecule has 0 bridgehead atoms. The van der Waals surface area contributed by atoms with Gasteiger partial charge in [-0.25, -0.2) is 9.07 Å². The molecule has 88 valence electrons. The molecule has 5 heteroatoms. The van der Waals surface area contributed by atoms with Crippen LogP contribution in [0.2, 0.25) is 0 Å². The largest absolute Gasteiger partial charge is 0.390 e. The summed E-state index contributed by atoms with van der Waals surface area (Å²) in [5.41, 5.74) is 0.813. The summed E-state index contributed by atoms with van der Waals surface area (Å²) in [4.78, 5) is 11.4. The SMILES string of the molecule is Cc1cc(=O)c(CO)nn1-c1cccc(F)c1. The fourth-order valence-electron chi connectivity index (χ4n) is 1.56. The molecule has 0 unspecified atom stereocenters. The molecule has 0 amide bonds. The van der Waals surface area contributed by atoms with Gasteiger partial charge in [0.25, 0.3) is 0 Å². The lowest BCUT2D eigenvalue weighted by Gasteiger charge is -2.10. The third-order valence-corrected chi connectivity index (χ3v) is 2.38. The Labute approximate surface area is 97.0 Å². The van der Waals surface area contributed by atoms with E-state index in [1.54, 1.807) is 19.1 Å². The number of aliphatic hydroxyl groups is 1. The molecule has 0 saturated carbocycles. The molecule has 0 aliphatic rings. The quantitative estimate of drug-likeness (QED) is 0.848. The average Bonchev–Trinajstić information content (AvgIpc) is 2.29. The highest BCUT2D eigenvalue weighted by Crippen LogP contribution is 2.10. The monoisotopic (exact) mass is 234 g/mol. The summed E-state index contributed by atoms with van der Waals surface area (Å²) in [6, 6.07) is 7.24. The van der Waals surface area contributed by atoms with Gasteiger partial charge >= 0.3 is 0 Å². The molecule has 0 radical (unpaired) electrons. The topological polar surface area (TPSA) is 55.1 Å². The molecule has 0 spiro atoms. The lowest BCUT2D eigenvalue weighted by Crippen LogP contribution is -2.18. The predicted molar refractivity (Wildman–Crippen MR) is 60.5 cm³/mol. The van der Waals surface area contributed by atoms with Gasteiger partial charge in [0.2, 0.25) is 5.43 Å². The second kappa shape index (κ2) is 4.47. The molecular formula is C12H11FN2O2. The highest BCUT2D eigenvalue weighted by Gasteiger charge is 2.07. The Balaban J connectivity index is 2.63. The Morgan fingerprint density at radius 3 is 2.82 bits per heavy atom. The van der Waals surface area contributed by atoms with E-state index in [4.69, 9.17) is 5.11 Å². The van der Waals surface area contributed by atoms with E-state index in [0.29, 0.717) is 11.4 Å². The van der Waals surface area contributed by atoms with Crippen LogP contribution in [-0.4, -0.2) is 14.9 Å². The van der Waals surface area contributed by atoms with Gasteiger partial charge in [0.15, 0.2) is 0 Å². The number of aryl methyl sites for hydroxylation is 1. The predicted octanol–water partition coefficient (Wildman–Crippen LogP) is 1.17. The van der Waals surface area contributed by atoms with Crippen LogP contribution >= 0.6 is 0 Å². The van der Waals surface area contributed by atoms with E-state index in [1.165, 1.54) is 22.9 Å². The fraction of sp³-hybridized carbons (Fsp3) is 0.167. The third kappa shape index (κ3) is 2.24. The molecule has 0 saturated heterocycles. The van der Waals surface area contributed by atoms with Crippen LogP contribution < -0.4 is 5.43 Å². The van der Waals surface area contributed by atoms with Crippen LogP contribution in [0.3, 0.4) is 0 Å². The molecule has 0 atom stereocenters. The molecule has 4 nitrogen and oxygen atoms in total. The summed E-state index contributed by atoms with van der Waals surface area (Å²) in [5, 5.41) is 13.0. The molecular weight excluding hydrogens is 223 g/mol. The molecule has 2 rings (SSSR count). The zero-order valence-electron chi connectivity index (χ0n) is 9.22. The maximum absolute atomic E-state index is 13.1. The van der Waals surface area contributed by atoms with Gasteiger partial charge in [0.05, 0.1) is 12.3 Å². The lowest BCUT2D eigenvalue weighted by molar-refractivity contribution is 0.273. The van der Waals surface area contributed by atoms with Crippen LogP contribution in [0.1, 0.15) is 11.4 Å². The molecule has 2 aromatic rings. The Bertz CT molecular complexity index is 608. The van der Waals surface area contributed by atoms with Crippen molar-refractivity contribution in [2.24, 2.45) is 0 Å². The highest BCUT2D eigenvalue weighted by atomic mass is 19.1. The molecule has 1 aromatic carbocycles. The standard InChI is InChI=1S/C12H11FN2O2/c1-8-5-12(17)11(7-16)14-15(8)10-4-2-3-9(13)6-10/h2-6,16H,7H2,1H3. The third-order valence-electron chi connectivity index (χ3n) is 2.38. The summed E-state index contributed by atoms with van der Waals surface area (Å²) >= 11 is 0. The van der Waals surface area contributed by atoms with Crippen molar-refractivity contribution < 1.29 is 9.50 Å². The Morgan fingerprint density at radius 2 is 2.18 bits per heavy atom. The van der Waals surface area contributed by atoms with E-state index in [9.17, 15) is 9.18 Å². The Hall–Kier alpha value is -2.01. The summed E-state index contributed by atoms with van der Waals surface area (Å²) < 4.78 is 14.5. The van der Waals surface area contributed by atoms with Gasteiger partial charge in [-0.05, 0) is 25.1 Å². The van der Waals surface area contributed by atoms with Crippen molar-refractivity contribution in [1.29, 1.82) is 0 Å². The van der Waals surface area contributed by atoms with E-state index >= 15 is 0 Å². The van der Waals surface area contributed by atoms with E-state index in [0.717, 1.165) is 0 Å². The number of halogens is 1. The second-order valence-corrected chi connectivity index (χ2v) is 3.65. The number of benzene rings is 1. The Kier molecular flexibility index (Phi) is 3.01. The van der Waals surface area contributed by atoms with Crippen LogP contribution in [0.4, 0.5) is 4.39 Å². The first kappa shape index (κ1) is 11.5. The highest BCUT2D eigenvalue weighted by molar-refractivity contribution is 5.33. The fourth-order valence-corrected chi connectivity index (χ4v) is 1.56. The summed E-state index contributed by atoms with van der Waals surface area (Å²) in [5.74, 6) is -0.382. The first-order valence-corrected chi connectivity index (χ1v) is 5.08. The van der Waals surface area contributed by atoms with Gasteiger partial charge in [0.1, 0.15) is 11.5 Å². The van der Waals surface area contributed by atoms with E-state index in [1.807, 2.05) is 0 Å². The number of nitrogens with zero attached hydrogens (tertiary/aromatic N) is 2. The second-order valence-electron chi connectivity index (χ2n) is 3.65. The molecule has 0 aliphatic carbocycles. The normalized spacial score (nSPS) is 10.5. The van der Waals surface area contributed by atoms with Crippen molar-refractivity contribution in [3.63, 3.8) is 0 Å². The Morgan fingerprint density at radius 1 is 1.41 bits per heavy atom. The molecule has 0 fully saturated rings. The maximum Gasteiger partial charge on any atom is 0.206 e.